The maximum absolute atomic E-state index is 12.0. The number of thiocarbonyl (C=S) groups is 1. The molecule has 5 rings (SSSR count). The topological polar surface area (TPSA) is 96.7 Å². The number of aromatic nitrogens is 1. The molecular weight excluding hydrogens is 512 g/mol. The summed E-state index contributed by atoms with van der Waals surface area (Å²) in [5.74, 6) is 0.926. The van der Waals surface area contributed by atoms with Gasteiger partial charge in [0.25, 0.3) is 0 Å². The Morgan fingerprint density at radius 2 is 1.90 bits per heavy atom. The van der Waals surface area contributed by atoms with Crippen molar-refractivity contribution >= 4 is 40.6 Å². The Morgan fingerprint density at radius 3 is 2.56 bits per heavy atom. The van der Waals surface area contributed by atoms with Gasteiger partial charge >= 0.3 is 5.97 Å². The van der Waals surface area contributed by atoms with E-state index in [1.165, 1.54) is 7.11 Å². The van der Waals surface area contributed by atoms with Crippen molar-refractivity contribution in [1.82, 2.24) is 10.3 Å². The van der Waals surface area contributed by atoms with E-state index in [0.29, 0.717) is 28.6 Å². The van der Waals surface area contributed by atoms with E-state index in [1.807, 2.05) is 79.4 Å². The molecule has 9 heteroatoms. The van der Waals surface area contributed by atoms with Crippen LogP contribution in [0.4, 0.5) is 11.4 Å². The van der Waals surface area contributed by atoms with E-state index in [1.54, 1.807) is 18.3 Å². The minimum atomic E-state index is -0.392. The van der Waals surface area contributed by atoms with Gasteiger partial charge in [-0.05, 0) is 79.3 Å². The fourth-order valence-corrected chi connectivity index (χ4v) is 5.00. The van der Waals surface area contributed by atoms with E-state index >= 15 is 0 Å². The van der Waals surface area contributed by atoms with Gasteiger partial charge in [-0.25, -0.2) is 4.79 Å². The molecule has 0 unspecified atom stereocenters. The SMILES string of the molecule is CCC(=O)Nc1ccc(N2C(=S)N[C@@H](c3ccccn3)[C@H]2c2ccc(-c3ccc(C(=O)OC)cc3)o2)cc1C. The highest BCUT2D eigenvalue weighted by Gasteiger charge is 2.42. The average molecular weight is 541 g/mol. The number of rotatable bonds is 7. The molecular formula is C30H28N4O4S. The lowest BCUT2D eigenvalue weighted by molar-refractivity contribution is -0.115. The first-order chi connectivity index (χ1) is 18.9. The van der Waals surface area contributed by atoms with Gasteiger partial charge < -0.3 is 24.7 Å². The van der Waals surface area contributed by atoms with E-state index in [2.05, 4.69) is 15.6 Å². The van der Waals surface area contributed by atoms with E-state index in [9.17, 15) is 9.59 Å². The first kappa shape index (κ1) is 26.1. The molecule has 1 fully saturated rings. The Morgan fingerprint density at radius 1 is 1.10 bits per heavy atom. The number of furan rings is 1. The Bertz CT molecular complexity index is 1520. The molecule has 1 aliphatic rings. The number of nitrogens with zero attached hydrogens (tertiary/aromatic N) is 2. The molecule has 1 amide bonds. The van der Waals surface area contributed by atoms with Crippen molar-refractivity contribution in [3.63, 3.8) is 0 Å². The zero-order chi connectivity index (χ0) is 27.5. The highest BCUT2D eigenvalue weighted by Crippen LogP contribution is 2.43. The van der Waals surface area contributed by atoms with Crippen LogP contribution in [0, 0.1) is 6.92 Å². The number of esters is 1. The third-order valence-electron chi connectivity index (χ3n) is 6.69. The monoisotopic (exact) mass is 540 g/mol. The first-order valence-electron chi connectivity index (χ1n) is 12.6. The van der Waals surface area contributed by atoms with Gasteiger partial charge in [0.05, 0.1) is 24.4 Å². The first-order valence-corrected chi connectivity index (χ1v) is 13.0. The fourth-order valence-electron chi connectivity index (χ4n) is 4.65. The second-order valence-electron chi connectivity index (χ2n) is 9.17. The second-order valence-corrected chi connectivity index (χ2v) is 9.56. The molecule has 2 aromatic carbocycles. The highest BCUT2D eigenvalue weighted by atomic mass is 32.1. The van der Waals surface area contributed by atoms with Crippen LogP contribution in [0.15, 0.2) is 83.4 Å². The molecule has 2 N–H and O–H groups in total. The van der Waals surface area contributed by atoms with Crippen LogP contribution in [0.5, 0.6) is 0 Å². The quantitative estimate of drug-likeness (QED) is 0.219. The predicted octanol–water partition coefficient (Wildman–Crippen LogP) is 5.96. The smallest absolute Gasteiger partial charge is 0.337 e. The molecule has 0 spiro atoms. The minimum Gasteiger partial charge on any atom is -0.465 e. The number of hydrogen-bond donors (Lipinski definition) is 2. The summed E-state index contributed by atoms with van der Waals surface area (Å²) in [6.07, 6.45) is 2.16. The summed E-state index contributed by atoms with van der Waals surface area (Å²) in [5, 5.41) is 6.91. The summed E-state index contributed by atoms with van der Waals surface area (Å²) in [4.78, 5) is 30.4. The Labute approximate surface area is 232 Å². The highest BCUT2D eigenvalue weighted by molar-refractivity contribution is 7.80. The van der Waals surface area contributed by atoms with Crippen LogP contribution in [0.1, 0.15) is 52.8 Å². The summed E-state index contributed by atoms with van der Waals surface area (Å²) < 4.78 is 11.2. The van der Waals surface area contributed by atoms with Crippen molar-refractivity contribution in [2.45, 2.75) is 32.4 Å². The zero-order valence-corrected chi connectivity index (χ0v) is 22.6. The molecule has 8 nitrogen and oxygen atoms in total. The number of anilines is 2. The standard InChI is InChI=1S/C30H28N4O4S/c1-4-26(35)32-22-13-12-21(17-18(22)2)34-28(27(33-30(34)39)23-7-5-6-16-31-23)25-15-14-24(38-25)19-8-10-20(11-9-19)29(36)37-3/h5-17,27-28H,4H2,1-3H3,(H,32,35)(H,33,39)/t27-,28+/m0/s1. The molecule has 2 aromatic heterocycles. The van der Waals surface area contributed by atoms with Crippen molar-refractivity contribution in [1.29, 1.82) is 0 Å². The zero-order valence-electron chi connectivity index (χ0n) is 21.8. The van der Waals surface area contributed by atoms with Crippen LogP contribution in [-0.4, -0.2) is 29.1 Å². The molecule has 0 saturated carbocycles. The van der Waals surface area contributed by atoms with Crippen LogP contribution < -0.4 is 15.5 Å². The number of aryl methyl sites for hydroxylation is 1. The van der Waals surface area contributed by atoms with Gasteiger partial charge in [0.1, 0.15) is 17.6 Å². The van der Waals surface area contributed by atoms with Gasteiger partial charge in [-0.1, -0.05) is 25.1 Å². The molecule has 0 aliphatic carbocycles. The van der Waals surface area contributed by atoms with E-state index in [0.717, 1.165) is 28.2 Å². The third kappa shape index (κ3) is 5.26. The number of nitrogens with one attached hydrogen (secondary N) is 2. The van der Waals surface area contributed by atoms with Gasteiger partial charge in [-0.15, -0.1) is 0 Å². The molecule has 39 heavy (non-hydrogen) atoms. The number of carbonyl (C=O) groups excluding carboxylic acids is 2. The predicted molar refractivity (Wildman–Crippen MR) is 154 cm³/mol. The van der Waals surface area contributed by atoms with Crippen molar-refractivity contribution in [2.75, 3.05) is 17.3 Å². The molecule has 4 aromatic rings. The van der Waals surface area contributed by atoms with E-state index in [4.69, 9.17) is 21.4 Å². The second kappa shape index (κ2) is 11.1. The van der Waals surface area contributed by atoms with Gasteiger partial charge in [-0.3, -0.25) is 9.78 Å². The van der Waals surface area contributed by atoms with Crippen molar-refractivity contribution < 1.29 is 18.7 Å². The van der Waals surface area contributed by atoms with Crippen molar-refractivity contribution in [2.24, 2.45) is 0 Å². The number of pyridine rings is 1. The molecule has 3 heterocycles. The van der Waals surface area contributed by atoms with Gasteiger partial charge in [0.2, 0.25) is 5.91 Å². The summed E-state index contributed by atoms with van der Waals surface area (Å²) in [5.41, 5.74) is 4.67. The number of carbonyl (C=O) groups is 2. The van der Waals surface area contributed by atoms with Crippen LogP contribution in [0.3, 0.4) is 0 Å². The molecule has 1 saturated heterocycles. The lowest BCUT2D eigenvalue weighted by Crippen LogP contribution is -2.29. The van der Waals surface area contributed by atoms with Crippen LogP contribution in [-0.2, 0) is 9.53 Å². The minimum absolute atomic E-state index is 0.0416. The summed E-state index contributed by atoms with van der Waals surface area (Å²) in [6, 6.07) is 21.9. The van der Waals surface area contributed by atoms with Crippen molar-refractivity contribution in [3.8, 4) is 11.3 Å². The number of ether oxygens (including phenoxy) is 1. The Balaban J connectivity index is 1.53. The maximum atomic E-state index is 12.0. The average Bonchev–Trinajstić information content (AvgIpc) is 3.59. The van der Waals surface area contributed by atoms with Crippen LogP contribution in [0.2, 0.25) is 0 Å². The molecule has 198 valence electrons. The molecule has 0 radical (unpaired) electrons. The third-order valence-corrected chi connectivity index (χ3v) is 7.00. The van der Waals surface area contributed by atoms with Gasteiger partial charge in [0, 0.05) is 29.6 Å². The number of amides is 1. The normalized spacial score (nSPS) is 16.6. The lowest BCUT2D eigenvalue weighted by atomic mass is 10.0. The van der Waals surface area contributed by atoms with E-state index < -0.39 is 5.97 Å². The van der Waals surface area contributed by atoms with Crippen LogP contribution >= 0.6 is 12.2 Å². The summed E-state index contributed by atoms with van der Waals surface area (Å²) in [7, 11) is 1.36. The Kier molecular flexibility index (Phi) is 7.42. The number of hydrogen-bond acceptors (Lipinski definition) is 6. The van der Waals surface area contributed by atoms with E-state index in [-0.39, 0.29) is 18.0 Å². The maximum Gasteiger partial charge on any atom is 0.337 e. The van der Waals surface area contributed by atoms with Crippen molar-refractivity contribution in [3.05, 3.63) is 102 Å². The van der Waals surface area contributed by atoms with Gasteiger partial charge in [-0.2, -0.15) is 0 Å². The van der Waals surface area contributed by atoms with Gasteiger partial charge in [0.15, 0.2) is 5.11 Å². The van der Waals surface area contributed by atoms with Crippen LogP contribution in [0.25, 0.3) is 11.3 Å². The summed E-state index contributed by atoms with van der Waals surface area (Å²) >= 11 is 5.82. The number of methoxy groups -OCH3 is 1. The number of benzene rings is 2. The largest absolute Gasteiger partial charge is 0.465 e. The lowest BCUT2D eigenvalue weighted by Gasteiger charge is -2.26. The Hall–Kier alpha value is -4.50. The molecule has 1 aliphatic heterocycles. The summed E-state index contributed by atoms with van der Waals surface area (Å²) in [6.45, 7) is 3.77. The molecule has 0 bridgehead atoms. The molecule has 2 atom stereocenters. The fraction of sp³-hybridized carbons (Fsp3) is 0.200.